The van der Waals surface area contributed by atoms with Crippen LogP contribution in [0.2, 0.25) is 0 Å². The van der Waals surface area contributed by atoms with Gasteiger partial charge in [0.05, 0.1) is 11.0 Å². The van der Waals surface area contributed by atoms with Gasteiger partial charge >= 0.3 is 6.18 Å². The van der Waals surface area contributed by atoms with E-state index in [9.17, 15) is 31.5 Å². The lowest BCUT2D eigenvalue weighted by molar-refractivity contribution is -0.141. The second-order valence-corrected chi connectivity index (χ2v) is 10.5. The molecule has 1 saturated carbocycles. The first-order chi connectivity index (χ1) is 17.5. The van der Waals surface area contributed by atoms with Crippen molar-refractivity contribution in [3.8, 4) is 0 Å². The van der Waals surface area contributed by atoms with Crippen molar-refractivity contribution < 1.29 is 31.5 Å². The van der Waals surface area contributed by atoms with Gasteiger partial charge in [-0.2, -0.15) is 13.2 Å². The summed E-state index contributed by atoms with van der Waals surface area (Å²) in [5.41, 5.74) is 4.19. The number of nitrogens with two attached hydrogens (primary N) is 1. The number of rotatable bonds is 6. The Morgan fingerprint density at radius 2 is 1.65 bits per heavy atom. The fourth-order valence-corrected chi connectivity index (χ4v) is 5.93. The van der Waals surface area contributed by atoms with Crippen molar-refractivity contribution in [2.75, 3.05) is 0 Å². The average Bonchev–Trinajstić information content (AvgIpc) is 3.59. The SMILES string of the molecule is NC1CC2CCC(C1)N2C(=O)C(Cc1ccc(F)cc1)NC(=O)C1(c2ccc(C(F)(F)F)cc2F)CC1. The normalized spacial score (nSPS) is 25.0. The van der Waals surface area contributed by atoms with Gasteiger partial charge in [0.2, 0.25) is 11.8 Å². The molecule has 3 aliphatic rings. The Hall–Kier alpha value is -3.01. The van der Waals surface area contributed by atoms with Crippen molar-refractivity contribution >= 4 is 11.8 Å². The molecular weight excluding hydrogens is 493 g/mol. The summed E-state index contributed by atoms with van der Waals surface area (Å²) in [6.07, 6.45) is -1.13. The molecule has 2 aromatic rings. The highest BCUT2D eigenvalue weighted by Gasteiger charge is 2.54. The van der Waals surface area contributed by atoms with Gasteiger partial charge in [-0.1, -0.05) is 18.2 Å². The summed E-state index contributed by atoms with van der Waals surface area (Å²) in [5.74, 6) is -2.42. The molecule has 10 heteroatoms. The number of piperidine rings is 1. The molecule has 0 spiro atoms. The Labute approximate surface area is 211 Å². The van der Waals surface area contributed by atoms with Crippen LogP contribution in [0.1, 0.15) is 55.2 Å². The molecule has 2 amide bonds. The summed E-state index contributed by atoms with van der Waals surface area (Å²) in [5, 5.41) is 2.79. The number of hydrogen-bond acceptors (Lipinski definition) is 3. The van der Waals surface area contributed by atoms with Crippen LogP contribution in [0.4, 0.5) is 22.0 Å². The second kappa shape index (κ2) is 9.38. The number of hydrogen-bond donors (Lipinski definition) is 2. The number of amides is 2. The molecule has 0 radical (unpaired) electrons. The topological polar surface area (TPSA) is 75.4 Å². The summed E-state index contributed by atoms with van der Waals surface area (Å²) in [7, 11) is 0. The molecule has 37 heavy (non-hydrogen) atoms. The zero-order valence-electron chi connectivity index (χ0n) is 20.0. The Bertz CT molecular complexity index is 1180. The molecule has 1 aliphatic carbocycles. The standard InChI is InChI=1S/C27H28F5N3O2/c28-17-4-1-15(2-5-17)11-23(24(36)35-19-6-7-20(35)14-18(33)13-19)34-25(37)26(9-10-26)21-8-3-16(12-22(21)29)27(30,31)32/h1-5,8,12,18-20,23H,6-7,9-11,13-14,33H2,(H,34,37). The minimum atomic E-state index is -4.71. The first-order valence-corrected chi connectivity index (χ1v) is 12.5. The molecule has 2 aromatic carbocycles. The molecular formula is C27H28F5N3O2. The van der Waals surface area contributed by atoms with Gasteiger partial charge in [0.25, 0.3) is 0 Å². The van der Waals surface area contributed by atoms with Gasteiger partial charge in [-0.3, -0.25) is 9.59 Å². The quantitative estimate of drug-likeness (QED) is 0.559. The van der Waals surface area contributed by atoms with Gasteiger partial charge in [-0.25, -0.2) is 8.78 Å². The summed E-state index contributed by atoms with van der Waals surface area (Å²) in [6, 6.07) is 6.72. The number of fused-ring (bicyclic) bond motifs is 2. The molecule has 3 N–H and O–H groups in total. The van der Waals surface area contributed by atoms with Gasteiger partial charge in [0.15, 0.2) is 0 Å². The van der Waals surface area contributed by atoms with Crippen LogP contribution < -0.4 is 11.1 Å². The molecule has 2 bridgehead atoms. The van der Waals surface area contributed by atoms with Crippen LogP contribution in [0.25, 0.3) is 0 Å². The van der Waals surface area contributed by atoms with Crippen molar-refractivity contribution in [1.29, 1.82) is 0 Å². The number of benzene rings is 2. The van der Waals surface area contributed by atoms with E-state index in [1.165, 1.54) is 24.3 Å². The van der Waals surface area contributed by atoms with Crippen LogP contribution >= 0.6 is 0 Å². The van der Waals surface area contributed by atoms with Crippen molar-refractivity contribution in [2.24, 2.45) is 5.73 Å². The van der Waals surface area contributed by atoms with Gasteiger partial charge in [0.1, 0.15) is 17.7 Å². The number of carbonyl (C=O) groups excluding carboxylic acids is 2. The van der Waals surface area contributed by atoms with E-state index in [0.29, 0.717) is 24.5 Å². The summed E-state index contributed by atoms with van der Waals surface area (Å²) >= 11 is 0. The number of alkyl halides is 3. The fraction of sp³-hybridized carbons (Fsp3) is 0.481. The smallest absolute Gasteiger partial charge is 0.343 e. The minimum absolute atomic E-state index is 0.00377. The molecule has 0 aromatic heterocycles. The zero-order chi connectivity index (χ0) is 26.5. The third-order valence-electron chi connectivity index (χ3n) is 7.98. The van der Waals surface area contributed by atoms with Crippen molar-refractivity contribution in [3.63, 3.8) is 0 Å². The maximum Gasteiger partial charge on any atom is 0.416 e. The molecule has 3 fully saturated rings. The number of nitrogens with one attached hydrogen (secondary N) is 1. The zero-order valence-corrected chi connectivity index (χ0v) is 20.0. The van der Waals surface area contributed by atoms with Crippen LogP contribution in [-0.2, 0) is 27.6 Å². The number of carbonyl (C=O) groups is 2. The molecule has 198 valence electrons. The fourth-order valence-electron chi connectivity index (χ4n) is 5.93. The summed E-state index contributed by atoms with van der Waals surface area (Å²) < 4.78 is 67.3. The van der Waals surface area contributed by atoms with Crippen molar-refractivity contribution in [1.82, 2.24) is 10.2 Å². The predicted molar refractivity (Wildman–Crippen MR) is 125 cm³/mol. The van der Waals surface area contributed by atoms with E-state index < -0.39 is 40.7 Å². The van der Waals surface area contributed by atoms with Crippen molar-refractivity contribution in [3.05, 3.63) is 70.8 Å². The molecule has 3 atom stereocenters. The Balaban J connectivity index is 1.41. The summed E-state index contributed by atoms with van der Waals surface area (Å²) in [4.78, 5) is 29.1. The van der Waals surface area contributed by atoms with Gasteiger partial charge < -0.3 is 16.0 Å². The first kappa shape index (κ1) is 25.6. The van der Waals surface area contributed by atoms with Gasteiger partial charge in [-0.05, 0) is 68.4 Å². The Kier molecular flexibility index (Phi) is 6.50. The molecule has 2 heterocycles. The highest BCUT2D eigenvalue weighted by molar-refractivity contribution is 5.95. The molecule has 3 unspecified atom stereocenters. The predicted octanol–water partition coefficient (Wildman–Crippen LogP) is 4.22. The molecule has 5 rings (SSSR count). The maximum absolute atomic E-state index is 14.8. The van der Waals surface area contributed by atoms with E-state index in [1.807, 2.05) is 0 Å². The molecule has 5 nitrogen and oxygen atoms in total. The van der Waals surface area contributed by atoms with E-state index in [1.54, 1.807) is 4.90 Å². The van der Waals surface area contributed by atoms with E-state index in [4.69, 9.17) is 5.73 Å². The molecule has 2 saturated heterocycles. The maximum atomic E-state index is 14.8. The van der Waals surface area contributed by atoms with E-state index >= 15 is 0 Å². The Morgan fingerprint density at radius 3 is 2.19 bits per heavy atom. The summed E-state index contributed by atoms with van der Waals surface area (Å²) in [6.45, 7) is 0. The lowest BCUT2D eigenvalue weighted by Gasteiger charge is -2.40. The van der Waals surface area contributed by atoms with Gasteiger partial charge in [0, 0.05) is 30.1 Å². The third kappa shape index (κ3) is 4.95. The second-order valence-electron chi connectivity index (χ2n) is 10.5. The van der Waals surface area contributed by atoms with Gasteiger partial charge in [-0.15, -0.1) is 0 Å². The minimum Gasteiger partial charge on any atom is -0.343 e. The average molecular weight is 522 g/mol. The van der Waals surface area contributed by atoms with Crippen molar-refractivity contribution in [2.45, 2.75) is 80.7 Å². The lowest BCUT2D eigenvalue weighted by Crippen LogP contribution is -2.58. The van der Waals surface area contributed by atoms with Crippen LogP contribution in [0.15, 0.2) is 42.5 Å². The van der Waals surface area contributed by atoms with E-state index in [2.05, 4.69) is 5.32 Å². The lowest BCUT2D eigenvalue weighted by atomic mass is 9.92. The highest BCUT2D eigenvalue weighted by atomic mass is 19.4. The van der Waals surface area contributed by atoms with Crippen LogP contribution in [-0.4, -0.2) is 40.9 Å². The first-order valence-electron chi connectivity index (χ1n) is 12.5. The van der Waals surface area contributed by atoms with E-state index in [0.717, 1.165) is 25.0 Å². The van der Waals surface area contributed by atoms with E-state index in [-0.39, 0.29) is 48.9 Å². The number of nitrogens with zero attached hydrogens (tertiary/aromatic N) is 1. The van der Waals surface area contributed by atoms with Crippen LogP contribution in [0, 0.1) is 11.6 Å². The van der Waals surface area contributed by atoms with Crippen LogP contribution in [0.3, 0.4) is 0 Å². The third-order valence-corrected chi connectivity index (χ3v) is 7.98. The highest BCUT2D eigenvalue weighted by Crippen LogP contribution is 2.50. The largest absolute Gasteiger partial charge is 0.416 e. The number of halogens is 5. The monoisotopic (exact) mass is 521 g/mol. The molecule has 2 aliphatic heterocycles. The Morgan fingerprint density at radius 1 is 1.03 bits per heavy atom. The van der Waals surface area contributed by atoms with Crippen LogP contribution in [0.5, 0.6) is 0 Å².